The van der Waals surface area contributed by atoms with Crippen molar-refractivity contribution in [2.45, 2.75) is 44.6 Å². The number of carbonyl (C=O) groups excluding carboxylic acids is 2. The molecule has 0 bridgehead atoms. The van der Waals surface area contributed by atoms with Gasteiger partial charge in [0.2, 0.25) is 11.8 Å². The predicted molar refractivity (Wildman–Crippen MR) is 91.0 cm³/mol. The zero-order chi connectivity index (χ0) is 15.8. The Hall–Kier alpha value is -0.750. The second-order valence-electron chi connectivity index (χ2n) is 6.26. The zero-order valence-corrected chi connectivity index (χ0v) is 14.5. The van der Waals surface area contributed by atoms with Gasteiger partial charge in [0.1, 0.15) is 0 Å². The van der Waals surface area contributed by atoms with Crippen LogP contribution in [0.15, 0.2) is 0 Å². The molecule has 0 unspecified atom stereocenters. The number of hydrogen-bond donors (Lipinski definition) is 1. The number of piperidine rings is 1. The summed E-state index contributed by atoms with van der Waals surface area (Å²) in [7, 11) is 0. The second-order valence-corrected chi connectivity index (χ2v) is 7.25. The normalized spacial score (nSPS) is 20.6. The Kier molecular flexibility index (Phi) is 7.52. The molecule has 22 heavy (non-hydrogen) atoms. The van der Waals surface area contributed by atoms with Crippen LogP contribution in [0.5, 0.6) is 0 Å². The molecule has 2 saturated heterocycles. The molecule has 2 amide bonds. The van der Waals surface area contributed by atoms with E-state index in [2.05, 4.69) is 16.5 Å². The molecule has 0 aromatic carbocycles. The lowest BCUT2D eigenvalue weighted by Crippen LogP contribution is -2.45. The smallest absolute Gasteiger partial charge is 0.222 e. The van der Waals surface area contributed by atoms with E-state index in [0.29, 0.717) is 18.9 Å². The van der Waals surface area contributed by atoms with E-state index in [-0.39, 0.29) is 11.8 Å². The fourth-order valence-corrected chi connectivity index (χ4v) is 3.63. The van der Waals surface area contributed by atoms with E-state index in [0.717, 1.165) is 58.4 Å². The quantitative estimate of drug-likeness (QED) is 0.731. The van der Waals surface area contributed by atoms with Crippen LogP contribution in [0.25, 0.3) is 0 Å². The molecule has 1 N–H and O–H groups in total. The largest absolute Gasteiger partial charge is 0.353 e. The van der Waals surface area contributed by atoms with E-state index in [1.165, 1.54) is 5.75 Å². The van der Waals surface area contributed by atoms with Gasteiger partial charge in [-0.2, -0.15) is 11.8 Å². The maximum atomic E-state index is 12.0. The summed E-state index contributed by atoms with van der Waals surface area (Å²) in [5, 5.41) is 3.16. The van der Waals surface area contributed by atoms with Crippen LogP contribution in [0, 0.1) is 0 Å². The van der Waals surface area contributed by atoms with Gasteiger partial charge in [-0.25, -0.2) is 0 Å². The van der Waals surface area contributed by atoms with E-state index >= 15 is 0 Å². The summed E-state index contributed by atoms with van der Waals surface area (Å²) >= 11 is 1.89. The number of nitrogens with zero attached hydrogens (tertiary/aromatic N) is 2. The molecule has 2 rings (SSSR count). The number of carbonyl (C=O) groups is 2. The summed E-state index contributed by atoms with van der Waals surface area (Å²) in [6.07, 6.45) is 7.24. The summed E-state index contributed by atoms with van der Waals surface area (Å²) in [6.45, 7) is 4.95. The van der Waals surface area contributed by atoms with Gasteiger partial charge in [0.15, 0.2) is 0 Å². The van der Waals surface area contributed by atoms with Crippen molar-refractivity contribution < 1.29 is 9.59 Å². The molecule has 0 aromatic rings. The van der Waals surface area contributed by atoms with Gasteiger partial charge in [0, 0.05) is 57.4 Å². The van der Waals surface area contributed by atoms with Crippen LogP contribution in [0.1, 0.15) is 38.5 Å². The van der Waals surface area contributed by atoms with Gasteiger partial charge in [-0.1, -0.05) is 0 Å². The fraction of sp³-hybridized carbons (Fsp3) is 0.875. The molecule has 126 valence electrons. The highest BCUT2D eigenvalue weighted by atomic mass is 32.2. The third kappa shape index (κ3) is 5.80. The number of amides is 2. The first-order chi connectivity index (χ1) is 10.7. The molecule has 0 radical (unpaired) electrons. The van der Waals surface area contributed by atoms with Gasteiger partial charge in [-0.15, -0.1) is 0 Å². The molecule has 6 heteroatoms. The van der Waals surface area contributed by atoms with Crippen molar-refractivity contribution in [1.82, 2.24) is 15.1 Å². The Labute approximate surface area is 138 Å². The summed E-state index contributed by atoms with van der Waals surface area (Å²) in [6, 6.07) is 0.339. The zero-order valence-electron chi connectivity index (χ0n) is 13.7. The van der Waals surface area contributed by atoms with E-state index in [4.69, 9.17) is 0 Å². The van der Waals surface area contributed by atoms with Crippen LogP contribution >= 0.6 is 11.8 Å². The Morgan fingerprint density at radius 2 is 2.05 bits per heavy atom. The molecule has 2 fully saturated rings. The first-order valence-electron chi connectivity index (χ1n) is 8.47. The number of rotatable bonds is 8. The maximum Gasteiger partial charge on any atom is 0.222 e. The van der Waals surface area contributed by atoms with Crippen LogP contribution in [-0.4, -0.2) is 72.4 Å². The van der Waals surface area contributed by atoms with Gasteiger partial charge in [0.05, 0.1) is 0 Å². The minimum Gasteiger partial charge on any atom is -0.353 e. The Morgan fingerprint density at radius 3 is 2.68 bits per heavy atom. The predicted octanol–water partition coefficient (Wildman–Crippen LogP) is 1.33. The van der Waals surface area contributed by atoms with E-state index in [1.54, 1.807) is 0 Å². The Bertz CT molecular complexity index is 370. The molecule has 0 spiro atoms. The van der Waals surface area contributed by atoms with Crippen molar-refractivity contribution in [3.63, 3.8) is 0 Å². The van der Waals surface area contributed by atoms with Crippen molar-refractivity contribution in [2.75, 3.05) is 44.7 Å². The molecule has 0 atom stereocenters. The van der Waals surface area contributed by atoms with Crippen molar-refractivity contribution in [1.29, 1.82) is 0 Å². The molecule has 0 aromatic heterocycles. The molecular formula is C16H29N3O2S. The molecular weight excluding hydrogens is 298 g/mol. The number of likely N-dealkylation sites (tertiary alicyclic amines) is 2. The van der Waals surface area contributed by atoms with Crippen LogP contribution in [0.3, 0.4) is 0 Å². The number of hydrogen-bond acceptors (Lipinski definition) is 4. The molecule has 0 saturated carbocycles. The van der Waals surface area contributed by atoms with E-state index in [1.807, 2.05) is 16.7 Å². The number of nitrogens with one attached hydrogen (secondary N) is 1. The average molecular weight is 327 g/mol. The molecule has 2 aliphatic rings. The van der Waals surface area contributed by atoms with Gasteiger partial charge in [-0.3, -0.25) is 9.59 Å². The highest BCUT2D eigenvalue weighted by Gasteiger charge is 2.21. The van der Waals surface area contributed by atoms with Gasteiger partial charge in [-0.05, 0) is 31.9 Å². The SMILES string of the molecule is CSCCN1CCC(NC(=O)CCCN2CCCC2=O)CC1. The fourth-order valence-electron chi connectivity index (χ4n) is 3.19. The van der Waals surface area contributed by atoms with Crippen molar-refractivity contribution in [3.05, 3.63) is 0 Å². The van der Waals surface area contributed by atoms with Crippen molar-refractivity contribution >= 4 is 23.6 Å². The maximum absolute atomic E-state index is 12.0. The van der Waals surface area contributed by atoms with Crippen LogP contribution < -0.4 is 5.32 Å². The van der Waals surface area contributed by atoms with Crippen molar-refractivity contribution in [3.8, 4) is 0 Å². The lowest BCUT2D eigenvalue weighted by atomic mass is 10.0. The molecule has 2 heterocycles. The third-order valence-corrected chi connectivity index (χ3v) is 5.16. The average Bonchev–Trinajstić information content (AvgIpc) is 2.92. The summed E-state index contributed by atoms with van der Waals surface area (Å²) in [5.41, 5.74) is 0. The van der Waals surface area contributed by atoms with Crippen LogP contribution in [0.4, 0.5) is 0 Å². The molecule has 5 nitrogen and oxygen atoms in total. The molecule has 2 aliphatic heterocycles. The van der Waals surface area contributed by atoms with Crippen LogP contribution in [0.2, 0.25) is 0 Å². The minimum atomic E-state index is 0.147. The van der Waals surface area contributed by atoms with Gasteiger partial charge < -0.3 is 15.1 Å². The number of thioether (sulfide) groups is 1. The first kappa shape index (κ1) is 17.6. The second kappa shape index (κ2) is 9.40. The first-order valence-corrected chi connectivity index (χ1v) is 9.87. The summed E-state index contributed by atoms with van der Waals surface area (Å²) < 4.78 is 0. The lowest BCUT2D eigenvalue weighted by Gasteiger charge is -2.32. The Balaban J connectivity index is 1.55. The monoisotopic (exact) mass is 327 g/mol. The van der Waals surface area contributed by atoms with E-state index in [9.17, 15) is 9.59 Å². The topological polar surface area (TPSA) is 52.7 Å². The summed E-state index contributed by atoms with van der Waals surface area (Å²) in [4.78, 5) is 27.9. The van der Waals surface area contributed by atoms with Crippen LogP contribution in [-0.2, 0) is 9.59 Å². The highest BCUT2D eigenvalue weighted by Crippen LogP contribution is 2.12. The minimum absolute atomic E-state index is 0.147. The standard InChI is InChI=1S/C16H29N3O2S/c1-22-13-12-18-10-6-14(7-11-18)17-15(20)4-2-8-19-9-3-5-16(19)21/h14H,2-13H2,1H3,(H,17,20). The molecule has 0 aliphatic carbocycles. The van der Waals surface area contributed by atoms with Crippen molar-refractivity contribution in [2.24, 2.45) is 0 Å². The Morgan fingerprint density at radius 1 is 1.27 bits per heavy atom. The summed E-state index contributed by atoms with van der Waals surface area (Å²) in [5.74, 6) is 1.58. The third-order valence-electron chi connectivity index (χ3n) is 4.57. The van der Waals surface area contributed by atoms with E-state index < -0.39 is 0 Å². The van der Waals surface area contributed by atoms with Gasteiger partial charge in [0.25, 0.3) is 0 Å². The van der Waals surface area contributed by atoms with Gasteiger partial charge >= 0.3 is 0 Å². The lowest BCUT2D eigenvalue weighted by molar-refractivity contribution is -0.128. The highest BCUT2D eigenvalue weighted by molar-refractivity contribution is 7.98.